The van der Waals surface area contributed by atoms with E-state index in [1.165, 1.54) is 5.56 Å². The van der Waals surface area contributed by atoms with Crippen molar-refractivity contribution >= 4 is 29.9 Å². The Labute approximate surface area is 215 Å². The second kappa shape index (κ2) is 14.6. The number of halogens is 1. The van der Waals surface area contributed by atoms with E-state index in [-0.39, 0.29) is 30.5 Å². The van der Waals surface area contributed by atoms with Gasteiger partial charge in [-0.2, -0.15) is 0 Å². The molecule has 1 fully saturated rings. The van der Waals surface area contributed by atoms with Crippen molar-refractivity contribution in [1.82, 2.24) is 15.5 Å². The van der Waals surface area contributed by atoms with Gasteiger partial charge in [-0.15, -0.1) is 24.0 Å². The molecule has 184 valence electrons. The molecular formula is C25H39IN4O3. The van der Waals surface area contributed by atoms with Crippen LogP contribution >= 0.6 is 24.0 Å². The zero-order chi connectivity index (χ0) is 22.7. The summed E-state index contributed by atoms with van der Waals surface area (Å²) in [4.78, 5) is 7.02. The molecule has 1 unspecified atom stereocenters. The van der Waals surface area contributed by atoms with Gasteiger partial charge in [-0.25, -0.2) is 4.99 Å². The molecule has 1 saturated heterocycles. The molecule has 0 aliphatic carbocycles. The molecule has 0 amide bonds. The summed E-state index contributed by atoms with van der Waals surface area (Å²) in [6.45, 7) is 9.40. The van der Waals surface area contributed by atoms with Crippen LogP contribution in [0.15, 0.2) is 58.1 Å². The molecule has 3 N–H and O–H groups in total. The van der Waals surface area contributed by atoms with E-state index in [9.17, 15) is 5.11 Å². The number of hydrogen-bond donors (Lipinski definition) is 3. The first kappa shape index (κ1) is 27.6. The van der Waals surface area contributed by atoms with Crippen LogP contribution in [0.3, 0.4) is 0 Å². The lowest BCUT2D eigenvalue weighted by Crippen LogP contribution is -2.40. The number of furan rings is 1. The second-order valence-electron chi connectivity index (χ2n) is 8.56. The fourth-order valence-corrected chi connectivity index (χ4v) is 3.84. The zero-order valence-electron chi connectivity index (χ0n) is 19.8. The third-order valence-corrected chi connectivity index (χ3v) is 5.69. The van der Waals surface area contributed by atoms with Crippen molar-refractivity contribution in [2.45, 2.75) is 51.4 Å². The molecule has 1 aromatic heterocycles. The van der Waals surface area contributed by atoms with Gasteiger partial charge >= 0.3 is 0 Å². The molecule has 1 aliphatic heterocycles. The topological polar surface area (TPSA) is 82.3 Å². The van der Waals surface area contributed by atoms with E-state index in [1.54, 1.807) is 25.3 Å². The first-order valence-electron chi connectivity index (χ1n) is 11.7. The van der Waals surface area contributed by atoms with Crippen molar-refractivity contribution in [3.05, 3.63) is 60.1 Å². The number of likely N-dealkylation sites (tertiary alicyclic amines) is 1. The normalized spacial score (nSPS) is 17.2. The van der Waals surface area contributed by atoms with E-state index < -0.39 is 5.60 Å². The van der Waals surface area contributed by atoms with Gasteiger partial charge in [0.2, 0.25) is 0 Å². The molecule has 0 bridgehead atoms. The number of ether oxygens (including phenoxy) is 1. The molecule has 1 aliphatic rings. The highest BCUT2D eigenvalue weighted by atomic mass is 127. The summed E-state index contributed by atoms with van der Waals surface area (Å²) in [6, 6.07) is 14.2. The minimum Gasteiger partial charge on any atom is -0.466 e. The van der Waals surface area contributed by atoms with Crippen LogP contribution in [-0.2, 0) is 16.9 Å². The predicted octanol–water partition coefficient (Wildman–Crippen LogP) is 3.73. The highest BCUT2D eigenvalue weighted by molar-refractivity contribution is 14.0. The van der Waals surface area contributed by atoms with Crippen LogP contribution in [0.1, 0.15) is 44.4 Å². The van der Waals surface area contributed by atoms with Crippen LogP contribution in [0.4, 0.5) is 0 Å². The minimum absolute atomic E-state index is 0. The van der Waals surface area contributed by atoms with Crippen LogP contribution in [0.2, 0.25) is 0 Å². The average molecular weight is 571 g/mol. The summed E-state index contributed by atoms with van der Waals surface area (Å²) in [6.07, 6.45) is 5.00. The first-order chi connectivity index (χ1) is 15.6. The predicted molar refractivity (Wildman–Crippen MR) is 143 cm³/mol. The molecular weight excluding hydrogens is 531 g/mol. The van der Waals surface area contributed by atoms with E-state index in [1.807, 2.05) is 6.92 Å². The number of rotatable bonds is 11. The van der Waals surface area contributed by atoms with E-state index in [2.05, 4.69) is 50.9 Å². The molecule has 7 nitrogen and oxygen atoms in total. The molecule has 3 rings (SSSR count). The largest absolute Gasteiger partial charge is 0.466 e. The molecule has 1 atom stereocenters. The van der Waals surface area contributed by atoms with Crippen molar-refractivity contribution in [2.75, 3.05) is 39.3 Å². The maximum Gasteiger partial charge on any atom is 0.191 e. The van der Waals surface area contributed by atoms with Gasteiger partial charge in [0, 0.05) is 39.3 Å². The van der Waals surface area contributed by atoms with E-state index in [4.69, 9.17) is 9.15 Å². The van der Waals surface area contributed by atoms with Gasteiger partial charge in [0.25, 0.3) is 0 Å². The Kier molecular flexibility index (Phi) is 12.2. The number of guanidine groups is 1. The van der Waals surface area contributed by atoms with Crippen molar-refractivity contribution in [3.8, 4) is 0 Å². The molecule has 0 spiro atoms. The second-order valence-corrected chi connectivity index (χ2v) is 8.56. The number of nitrogens with zero attached hydrogens (tertiary/aromatic N) is 2. The van der Waals surface area contributed by atoms with E-state index in [0.717, 1.165) is 58.6 Å². The number of benzene rings is 1. The van der Waals surface area contributed by atoms with Crippen molar-refractivity contribution in [2.24, 2.45) is 4.99 Å². The van der Waals surface area contributed by atoms with Gasteiger partial charge in [-0.3, -0.25) is 4.90 Å². The third-order valence-electron chi connectivity index (χ3n) is 5.69. The van der Waals surface area contributed by atoms with Crippen LogP contribution in [0, 0.1) is 0 Å². The standard InChI is InChI=1S/C25H38N4O3.HI/c1-3-26-24(28-20-25(2,30)23-11-7-17-32-23)27-14-8-18-31-22-12-15-29(16-13-22)19-21-9-5-4-6-10-21;/h4-7,9-11,17,22,30H,3,8,12-16,18-20H2,1-2H3,(H2,26,27,28);1H. The summed E-state index contributed by atoms with van der Waals surface area (Å²) in [7, 11) is 0. The van der Waals surface area contributed by atoms with Crippen LogP contribution in [-0.4, -0.2) is 61.4 Å². The lowest BCUT2D eigenvalue weighted by Gasteiger charge is -2.32. The molecule has 0 radical (unpaired) electrons. The Hall–Kier alpha value is -1.62. The maximum absolute atomic E-state index is 10.6. The fraction of sp³-hybridized carbons (Fsp3) is 0.560. The first-order valence-corrected chi connectivity index (χ1v) is 11.7. The molecule has 2 aromatic rings. The van der Waals surface area contributed by atoms with Crippen LogP contribution in [0.5, 0.6) is 0 Å². The quantitative estimate of drug-likeness (QED) is 0.165. The minimum atomic E-state index is -1.13. The van der Waals surface area contributed by atoms with Gasteiger partial charge in [0.1, 0.15) is 11.4 Å². The fourth-order valence-electron chi connectivity index (χ4n) is 3.84. The number of aliphatic imine (C=N–C) groups is 1. The number of aliphatic hydroxyl groups is 1. The van der Waals surface area contributed by atoms with Gasteiger partial charge in [-0.1, -0.05) is 30.3 Å². The highest BCUT2D eigenvalue weighted by Crippen LogP contribution is 2.21. The van der Waals surface area contributed by atoms with Gasteiger partial charge in [0.15, 0.2) is 5.96 Å². The molecule has 33 heavy (non-hydrogen) atoms. The summed E-state index contributed by atoms with van der Waals surface area (Å²) in [5.41, 5.74) is 0.242. The summed E-state index contributed by atoms with van der Waals surface area (Å²) < 4.78 is 11.4. The monoisotopic (exact) mass is 570 g/mol. The van der Waals surface area contributed by atoms with Crippen molar-refractivity contribution in [3.63, 3.8) is 0 Å². The Morgan fingerprint density at radius 2 is 1.94 bits per heavy atom. The van der Waals surface area contributed by atoms with Gasteiger partial charge in [0.05, 0.1) is 18.9 Å². The molecule has 2 heterocycles. The number of piperidine rings is 1. The highest BCUT2D eigenvalue weighted by Gasteiger charge is 2.26. The third kappa shape index (κ3) is 9.64. The van der Waals surface area contributed by atoms with Crippen LogP contribution < -0.4 is 10.6 Å². The molecule has 8 heteroatoms. The van der Waals surface area contributed by atoms with Gasteiger partial charge in [-0.05, 0) is 50.8 Å². The van der Waals surface area contributed by atoms with Crippen LogP contribution in [0.25, 0.3) is 0 Å². The van der Waals surface area contributed by atoms with E-state index in [0.29, 0.717) is 17.8 Å². The molecule has 1 aromatic carbocycles. The van der Waals surface area contributed by atoms with Crippen molar-refractivity contribution < 1.29 is 14.3 Å². The average Bonchev–Trinajstić information content (AvgIpc) is 3.35. The Morgan fingerprint density at radius 3 is 2.61 bits per heavy atom. The lowest BCUT2D eigenvalue weighted by atomic mass is 10.0. The Morgan fingerprint density at radius 1 is 1.18 bits per heavy atom. The summed E-state index contributed by atoms with van der Waals surface area (Å²) in [5.74, 6) is 1.20. The number of hydrogen-bond acceptors (Lipinski definition) is 5. The molecule has 0 saturated carbocycles. The maximum atomic E-state index is 10.6. The SMILES string of the molecule is CCNC(=NCC(C)(O)c1ccco1)NCCCOC1CCN(Cc2ccccc2)CC1.I. The van der Waals surface area contributed by atoms with Crippen molar-refractivity contribution in [1.29, 1.82) is 0 Å². The lowest BCUT2D eigenvalue weighted by molar-refractivity contribution is 0.00533. The zero-order valence-corrected chi connectivity index (χ0v) is 22.2. The van der Waals surface area contributed by atoms with E-state index >= 15 is 0 Å². The summed E-state index contributed by atoms with van der Waals surface area (Å²) >= 11 is 0. The smallest absolute Gasteiger partial charge is 0.191 e. The Bertz CT molecular complexity index is 791. The number of nitrogens with one attached hydrogen (secondary N) is 2. The summed E-state index contributed by atoms with van der Waals surface area (Å²) in [5, 5.41) is 17.1. The Balaban J connectivity index is 0.00000385. The van der Waals surface area contributed by atoms with Gasteiger partial charge < -0.3 is 24.9 Å².